The van der Waals surface area contributed by atoms with E-state index in [-0.39, 0.29) is 11.4 Å². The predicted molar refractivity (Wildman–Crippen MR) is 65.5 cm³/mol. The molecule has 0 atom stereocenters. The monoisotopic (exact) mass is 234 g/mol. The summed E-state index contributed by atoms with van der Waals surface area (Å²) < 4.78 is 10.7. The Morgan fingerprint density at radius 2 is 2.00 bits per heavy atom. The van der Waals surface area contributed by atoms with Gasteiger partial charge in [-0.2, -0.15) is 0 Å². The second kappa shape index (κ2) is 4.88. The summed E-state index contributed by atoms with van der Waals surface area (Å²) in [6.07, 6.45) is 3.55. The standard InChI is InChI=1S/C14H18O3/c1-16-13-7-4-3-6-11(13)12(15)10-14(17-2)8-5-9-14/h3-4,6-7H,5,8-10H2,1-2H3. The van der Waals surface area contributed by atoms with Crippen LogP contribution >= 0.6 is 0 Å². The van der Waals surface area contributed by atoms with Crippen LogP contribution < -0.4 is 4.74 Å². The fourth-order valence-electron chi connectivity index (χ4n) is 2.29. The Morgan fingerprint density at radius 3 is 2.53 bits per heavy atom. The number of benzene rings is 1. The largest absolute Gasteiger partial charge is 0.496 e. The Hall–Kier alpha value is -1.35. The molecule has 0 N–H and O–H groups in total. The van der Waals surface area contributed by atoms with E-state index in [9.17, 15) is 4.79 Å². The van der Waals surface area contributed by atoms with Crippen molar-refractivity contribution in [3.05, 3.63) is 29.8 Å². The van der Waals surface area contributed by atoms with Gasteiger partial charge in [-0.3, -0.25) is 4.79 Å². The fraction of sp³-hybridized carbons (Fsp3) is 0.500. The van der Waals surface area contributed by atoms with Gasteiger partial charge >= 0.3 is 0 Å². The molecule has 92 valence electrons. The van der Waals surface area contributed by atoms with Gasteiger partial charge in [0.15, 0.2) is 5.78 Å². The number of hydrogen-bond donors (Lipinski definition) is 0. The second-order valence-corrected chi connectivity index (χ2v) is 4.54. The Bertz CT molecular complexity index is 402. The molecule has 0 heterocycles. The van der Waals surface area contributed by atoms with Crippen LogP contribution in [0.25, 0.3) is 0 Å². The van der Waals surface area contributed by atoms with E-state index in [0.717, 1.165) is 19.3 Å². The summed E-state index contributed by atoms with van der Waals surface area (Å²) in [6, 6.07) is 7.34. The Labute approximate surface area is 102 Å². The highest BCUT2D eigenvalue weighted by Crippen LogP contribution is 2.39. The first-order chi connectivity index (χ1) is 8.21. The van der Waals surface area contributed by atoms with Gasteiger partial charge in [-0.25, -0.2) is 0 Å². The van der Waals surface area contributed by atoms with Gasteiger partial charge in [0.05, 0.1) is 18.3 Å². The van der Waals surface area contributed by atoms with E-state index in [4.69, 9.17) is 9.47 Å². The van der Waals surface area contributed by atoms with Gasteiger partial charge in [-0.05, 0) is 31.4 Å². The normalized spacial score (nSPS) is 17.3. The zero-order chi connectivity index (χ0) is 12.3. The maximum Gasteiger partial charge on any atom is 0.169 e. The maximum absolute atomic E-state index is 12.2. The van der Waals surface area contributed by atoms with Gasteiger partial charge in [0.25, 0.3) is 0 Å². The van der Waals surface area contributed by atoms with Gasteiger partial charge in [0, 0.05) is 13.5 Å². The minimum atomic E-state index is -0.224. The van der Waals surface area contributed by atoms with Crippen LogP contribution in [0.5, 0.6) is 5.75 Å². The Morgan fingerprint density at radius 1 is 1.29 bits per heavy atom. The molecule has 0 bridgehead atoms. The number of carbonyl (C=O) groups is 1. The number of hydrogen-bond acceptors (Lipinski definition) is 3. The van der Waals surface area contributed by atoms with E-state index >= 15 is 0 Å². The molecule has 2 rings (SSSR count). The molecule has 0 aromatic heterocycles. The van der Waals surface area contributed by atoms with Crippen molar-refractivity contribution in [2.45, 2.75) is 31.3 Å². The quantitative estimate of drug-likeness (QED) is 0.735. The molecule has 0 aliphatic heterocycles. The summed E-state index contributed by atoms with van der Waals surface area (Å²) in [5.74, 6) is 0.743. The van der Waals surface area contributed by atoms with Crippen LogP contribution in [0.1, 0.15) is 36.0 Å². The van der Waals surface area contributed by atoms with Crippen LogP contribution in [0.15, 0.2) is 24.3 Å². The topological polar surface area (TPSA) is 35.5 Å². The molecule has 1 aliphatic carbocycles. The van der Waals surface area contributed by atoms with Crippen LogP contribution in [-0.4, -0.2) is 25.6 Å². The molecule has 1 aromatic carbocycles. The Balaban J connectivity index is 2.14. The predicted octanol–water partition coefficient (Wildman–Crippen LogP) is 2.84. The number of para-hydroxylation sites is 1. The molecule has 3 heteroatoms. The highest BCUT2D eigenvalue weighted by molar-refractivity contribution is 5.99. The molecular formula is C14H18O3. The third kappa shape index (κ3) is 2.34. The minimum Gasteiger partial charge on any atom is -0.496 e. The number of carbonyl (C=O) groups excluding carboxylic acids is 1. The van der Waals surface area contributed by atoms with Gasteiger partial charge in [-0.15, -0.1) is 0 Å². The highest BCUT2D eigenvalue weighted by atomic mass is 16.5. The van der Waals surface area contributed by atoms with Crippen molar-refractivity contribution in [3.8, 4) is 5.75 Å². The summed E-state index contributed by atoms with van der Waals surface area (Å²) >= 11 is 0. The van der Waals surface area contributed by atoms with E-state index in [1.807, 2.05) is 24.3 Å². The van der Waals surface area contributed by atoms with E-state index in [2.05, 4.69) is 0 Å². The molecule has 0 saturated heterocycles. The van der Waals surface area contributed by atoms with Crippen molar-refractivity contribution < 1.29 is 14.3 Å². The Kier molecular flexibility index (Phi) is 3.48. The average molecular weight is 234 g/mol. The first-order valence-electron chi connectivity index (χ1n) is 5.92. The van der Waals surface area contributed by atoms with Crippen LogP contribution in [0.3, 0.4) is 0 Å². The van der Waals surface area contributed by atoms with Crippen molar-refractivity contribution in [2.24, 2.45) is 0 Å². The molecule has 17 heavy (non-hydrogen) atoms. The molecule has 1 fully saturated rings. The first-order valence-corrected chi connectivity index (χ1v) is 5.92. The molecule has 1 aromatic rings. The third-order valence-electron chi connectivity index (χ3n) is 3.59. The van der Waals surface area contributed by atoms with Crippen LogP contribution in [-0.2, 0) is 4.74 Å². The summed E-state index contributed by atoms with van der Waals surface area (Å²) in [6.45, 7) is 0. The molecular weight excluding hydrogens is 216 g/mol. The third-order valence-corrected chi connectivity index (χ3v) is 3.59. The van der Waals surface area contributed by atoms with Gasteiger partial charge in [0.1, 0.15) is 5.75 Å². The van der Waals surface area contributed by atoms with Crippen molar-refractivity contribution in [1.82, 2.24) is 0 Å². The zero-order valence-corrected chi connectivity index (χ0v) is 10.4. The molecule has 1 saturated carbocycles. The lowest BCUT2D eigenvalue weighted by Gasteiger charge is -2.40. The maximum atomic E-state index is 12.2. The van der Waals surface area contributed by atoms with Crippen LogP contribution in [0.2, 0.25) is 0 Å². The summed E-state index contributed by atoms with van der Waals surface area (Å²) in [5.41, 5.74) is 0.427. The number of Topliss-reactive ketones (excluding diaryl/α,β-unsaturated/α-hetero) is 1. The lowest BCUT2D eigenvalue weighted by Crippen LogP contribution is -2.41. The van der Waals surface area contributed by atoms with Crippen LogP contribution in [0.4, 0.5) is 0 Å². The average Bonchev–Trinajstić information content (AvgIpc) is 2.33. The summed E-state index contributed by atoms with van der Waals surface area (Å²) in [4.78, 5) is 12.2. The molecule has 1 aliphatic rings. The number of ether oxygens (including phenoxy) is 2. The molecule has 0 amide bonds. The lowest BCUT2D eigenvalue weighted by atomic mass is 9.75. The molecule has 0 radical (unpaired) electrons. The number of methoxy groups -OCH3 is 2. The van der Waals surface area contributed by atoms with Gasteiger partial charge < -0.3 is 9.47 Å². The van der Waals surface area contributed by atoms with Crippen molar-refractivity contribution in [2.75, 3.05) is 14.2 Å². The zero-order valence-electron chi connectivity index (χ0n) is 10.4. The minimum absolute atomic E-state index is 0.101. The SMILES string of the molecule is COc1ccccc1C(=O)CC1(OC)CCC1. The first kappa shape index (κ1) is 12.1. The highest BCUT2D eigenvalue weighted by Gasteiger charge is 2.39. The number of rotatable bonds is 5. The van der Waals surface area contributed by atoms with Gasteiger partial charge in [-0.1, -0.05) is 12.1 Å². The lowest BCUT2D eigenvalue weighted by molar-refractivity contribution is -0.0705. The van der Waals surface area contributed by atoms with E-state index in [1.165, 1.54) is 0 Å². The van der Waals surface area contributed by atoms with Crippen molar-refractivity contribution in [1.29, 1.82) is 0 Å². The summed E-state index contributed by atoms with van der Waals surface area (Å²) in [5, 5.41) is 0. The van der Waals surface area contributed by atoms with Crippen molar-refractivity contribution >= 4 is 5.78 Å². The summed E-state index contributed by atoms with van der Waals surface area (Å²) in [7, 11) is 3.27. The van der Waals surface area contributed by atoms with Crippen molar-refractivity contribution in [3.63, 3.8) is 0 Å². The second-order valence-electron chi connectivity index (χ2n) is 4.54. The van der Waals surface area contributed by atoms with E-state index in [0.29, 0.717) is 17.7 Å². The van der Waals surface area contributed by atoms with E-state index in [1.54, 1.807) is 14.2 Å². The molecule has 0 spiro atoms. The molecule has 0 unspecified atom stereocenters. The van der Waals surface area contributed by atoms with Crippen LogP contribution in [0, 0.1) is 0 Å². The fourth-order valence-corrected chi connectivity index (χ4v) is 2.29. The number of ketones is 1. The van der Waals surface area contributed by atoms with Gasteiger partial charge in [0.2, 0.25) is 0 Å². The smallest absolute Gasteiger partial charge is 0.169 e. The molecule has 3 nitrogen and oxygen atoms in total. The van der Waals surface area contributed by atoms with E-state index < -0.39 is 0 Å².